The Morgan fingerprint density at radius 3 is 0.771 bits per heavy atom. The van der Waals surface area contributed by atoms with Gasteiger partial charge < -0.3 is 9.80 Å². The molecule has 0 aliphatic carbocycles. The predicted octanol–water partition coefficient (Wildman–Crippen LogP) is 14.0. The van der Waals surface area contributed by atoms with Crippen LogP contribution >= 0.6 is 0 Å². The number of nitrogens with zero attached hydrogens (tertiary/aromatic N) is 2. The molecule has 48 heavy (non-hydrogen) atoms. The molecule has 3 rings (SSSR count). The van der Waals surface area contributed by atoms with Gasteiger partial charge in [0.1, 0.15) is 0 Å². The van der Waals surface area contributed by atoms with E-state index in [-0.39, 0.29) is 0 Å². The van der Waals surface area contributed by atoms with Crippen LogP contribution in [0.25, 0.3) is 24.3 Å². The fourth-order valence-corrected chi connectivity index (χ4v) is 6.35. The average molecular weight is 649 g/mol. The summed E-state index contributed by atoms with van der Waals surface area (Å²) in [5.74, 6) is 0. The van der Waals surface area contributed by atoms with Crippen LogP contribution in [0.5, 0.6) is 0 Å². The van der Waals surface area contributed by atoms with Gasteiger partial charge in [0.15, 0.2) is 0 Å². The van der Waals surface area contributed by atoms with E-state index in [2.05, 4.69) is 135 Å². The summed E-state index contributed by atoms with van der Waals surface area (Å²) in [5, 5.41) is 0. The zero-order valence-electron chi connectivity index (χ0n) is 31.3. The zero-order chi connectivity index (χ0) is 34.1. The second-order valence-electron chi connectivity index (χ2n) is 13.7. The summed E-state index contributed by atoms with van der Waals surface area (Å²) in [7, 11) is 0. The average Bonchev–Trinajstić information content (AvgIpc) is 3.13. The molecule has 0 unspecified atom stereocenters. The Morgan fingerprint density at radius 2 is 0.542 bits per heavy atom. The summed E-state index contributed by atoms with van der Waals surface area (Å²) in [6.45, 7) is 13.9. The first-order valence-electron chi connectivity index (χ1n) is 19.8. The van der Waals surface area contributed by atoms with Crippen LogP contribution in [0, 0.1) is 0 Å². The van der Waals surface area contributed by atoms with E-state index < -0.39 is 0 Å². The minimum absolute atomic E-state index is 1.17. The Bertz CT molecular complexity index is 1130. The number of hydrogen-bond donors (Lipinski definition) is 0. The van der Waals surface area contributed by atoms with Crippen LogP contribution in [0.3, 0.4) is 0 Å². The van der Waals surface area contributed by atoms with Gasteiger partial charge in [0.25, 0.3) is 0 Å². The van der Waals surface area contributed by atoms with E-state index in [1.807, 2.05) is 0 Å². The van der Waals surface area contributed by atoms with E-state index in [1.54, 1.807) is 0 Å². The van der Waals surface area contributed by atoms with Gasteiger partial charge in [-0.15, -0.1) is 0 Å². The molecule has 0 spiro atoms. The van der Waals surface area contributed by atoms with E-state index in [9.17, 15) is 0 Å². The first kappa shape index (κ1) is 39.2. The van der Waals surface area contributed by atoms with Gasteiger partial charge in [0, 0.05) is 37.6 Å². The molecule has 262 valence electrons. The fraction of sp³-hybridized carbons (Fsp3) is 0.522. The Balaban J connectivity index is 1.54. The lowest BCUT2D eigenvalue weighted by Gasteiger charge is -2.25. The standard InChI is InChI=1S/C46H68N2/c1-5-9-13-17-37-47(38-18-14-10-6-2)45-33-29-43(30-34-45)27-25-41-21-23-42(24-22-41)26-28-44-31-35-46(36-32-44)48(39-19-15-11-7-3)40-20-16-12-8-4/h21-36H,5-20,37-40H2,1-4H3. The van der Waals surface area contributed by atoms with Crippen molar-refractivity contribution < 1.29 is 0 Å². The van der Waals surface area contributed by atoms with Crippen molar-refractivity contribution in [2.24, 2.45) is 0 Å². The van der Waals surface area contributed by atoms with Gasteiger partial charge in [-0.25, -0.2) is 0 Å². The van der Waals surface area contributed by atoms with Crippen molar-refractivity contribution in [1.82, 2.24) is 0 Å². The van der Waals surface area contributed by atoms with Crippen molar-refractivity contribution in [2.75, 3.05) is 36.0 Å². The van der Waals surface area contributed by atoms with Gasteiger partial charge in [-0.3, -0.25) is 0 Å². The lowest BCUT2D eigenvalue weighted by atomic mass is 10.1. The molecule has 0 heterocycles. The minimum Gasteiger partial charge on any atom is -0.372 e. The summed E-state index contributed by atoms with van der Waals surface area (Å²) in [6.07, 6.45) is 30.0. The first-order chi connectivity index (χ1) is 23.7. The number of rotatable bonds is 26. The smallest absolute Gasteiger partial charge is 0.0366 e. The second-order valence-corrected chi connectivity index (χ2v) is 13.7. The molecule has 2 heteroatoms. The van der Waals surface area contributed by atoms with Gasteiger partial charge in [-0.05, 0) is 72.2 Å². The molecular weight excluding hydrogens is 581 g/mol. The Hall–Kier alpha value is -3.26. The maximum atomic E-state index is 2.61. The minimum atomic E-state index is 1.17. The van der Waals surface area contributed by atoms with Crippen LogP contribution < -0.4 is 9.80 Å². The van der Waals surface area contributed by atoms with E-state index >= 15 is 0 Å². The summed E-state index contributed by atoms with van der Waals surface area (Å²) in [4.78, 5) is 5.22. The molecule has 3 aromatic carbocycles. The van der Waals surface area contributed by atoms with Crippen LogP contribution in [-0.4, -0.2) is 26.2 Å². The summed E-state index contributed by atoms with van der Waals surface area (Å²) in [5.41, 5.74) is 7.70. The zero-order valence-corrected chi connectivity index (χ0v) is 31.3. The summed E-state index contributed by atoms with van der Waals surface area (Å²) in [6, 6.07) is 27.2. The van der Waals surface area contributed by atoms with Gasteiger partial charge >= 0.3 is 0 Å². The summed E-state index contributed by atoms with van der Waals surface area (Å²) < 4.78 is 0. The van der Waals surface area contributed by atoms with Crippen molar-refractivity contribution in [3.8, 4) is 0 Å². The Kier molecular flexibility index (Phi) is 20.3. The molecule has 0 amide bonds. The summed E-state index contributed by atoms with van der Waals surface area (Å²) >= 11 is 0. The van der Waals surface area contributed by atoms with Gasteiger partial charge in [-0.1, -0.05) is 178 Å². The number of anilines is 2. The molecule has 3 aromatic rings. The molecule has 0 aromatic heterocycles. The van der Waals surface area contributed by atoms with Crippen LogP contribution in [0.1, 0.15) is 153 Å². The first-order valence-corrected chi connectivity index (χ1v) is 19.8. The van der Waals surface area contributed by atoms with Crippen molar-refractivity contribution in [2.45, 2.75) is 130 Å². The molecule has 0 fully saturated rings. The lowest BCUT2D eigenvalue weighted by molar-refractivity contribution is 0.609. The third kappa shape index (κ3) is 15.8. The third-order valence-electron chi connectivity index (χ3n) is 9.52. The Morgan fingerprint density at radius 1 is 0.312 bits per heavy atom. The van der Waals surface area contributed by atoms with E-state index in [0.717, 1.165) is 0 Å². The quantitative estimate of drug-likeness (QED) is 0.0631. The van der Waals surface area contributed by atoms with Crippen molar-refractivity contribution >= 4 is 35.7 Å². The van der Waals surface area contributed by atoms with E-state index in [1.165, 1.54) is 163 Å². The monoisotopic (exact) mass is 649 g/mol. The second kappa shape index (κ2) is 24.8. The molecule has 0 radical (unpaired) electrons. The highest BCUT2D eigenvalue weighted by molar-refractivity contribution is 5.74. The number of hydrogen-bond acceptors (Lipinski definition) is 2. The third-order valence-corrected chi connectivity index (χ3v) is 9.52. The van der Waals surface area contributed by atoms with Crippen LogP contribution in [0.2, 0.25) is 0 Å². The predicted molar refractivity (Wildman–Crippen MR) is 218 cm³/mol. The number of benzene rings is 3. The molecule has 0 saturated carbocycles. The molecular formula is C46H68N2. The molecule has 0 aliphatic heterocycles. The topological polar surface area (TPSA) is 6.48 Å². The number of unbranched alkanes of at least 4 members (excludes halogenated alkanes) is 12. The van der Waals surface area contributed by atoms with Crippen molar-refractivity contribution in [1.29, 1.82) is 0 Å². The molecule has 0 bridgehead atoms. The highest BCUT2D eigenvalue weighted by atomic mass is 15.1. The maximum Gasteiger partial charge on any atom is 0.0366 e. The van der Waals surface area contributed by atoms with Crippen molar-refractivity contribution in [3.05, 3.63) is 95.1 Å². The molecule has 2 nitrogen and oxygen atoms in total. The highest BCUT2D eigenvalue weighted by Crippen LogP contribution is 2.21. The van der Waals surface area contributed by atoms with Crippen LogP contribution in [0.15, 0.2) is 72.8 Å². The van der Waals surface area contributed by atoms with E-state index in [4.69, 9.17) is 0 Å². The lowest BCUT2D eigenvalue weighted by Crippen LogP contribution is -2.25. The van der Waals surface area contributed by atoms with Gasteiger partial charge in [0.05, 0.1) is 0 Å². The normalized spacial score (nSPS) is 11.6. The fourth-order valence-electron chi connectivity index (χ4n) is 6.35. The van der Waals surface area contributed by atoms with Crippen molar-refractivity contribution in [3.63, 3.8) is 0 Å². The van der Waals surface area contributed by atoms with Gasteiger partial charge in [-0.2, -0.15) is 0 Å². The molecule has 0 saturated heterocycles. The maximum absolute atomic E-state index is 2.61. The van der Waals surface area contributed by atoms with Crippen LogP contribution in [0.4, 0.5) is 11.4 Å². The van der Waals surface area contributed by atoms with Crippen LogP contribution in [-0.2, 0) is 0 Å². The molecule has 0 atom stereocenters. The van der Waals surface area contributed by atoms with E-state index in [0.29, 0.717) is 0 Å². The largest absolute Gasteiger partial charge is 0.372 e. The Labute approximate surface area is 296 Å². The SMILES string of the molecule is CCCCCCN(CCCCCC)c1ccc(C=Cc2ccc(C=Cc3ccc(N(CCCCCC)CCCCCC)cc3)cc2)cc1. The molecule has 0 N–H and O–H groups in total. The molecule has 0 aliphatic rings. The highest BCUT2D eigenvalue weighted by Gasteiger charge is 2.08. The van der Waals surface area contributed by atoms with Gasteiger partial charge in [0.2, 0.25) is 0 Å².